The van der Waals surface area contributed by atoms with Crippen LogP contribution in [0.5, 0.6) is 0 Å². The number of nitrogens with zero attached hydrogens (tertiary/aromatic N) is 4. The topological polar surface area (TPSA) is 55.1 Å². The molecule has 3 heterocycles. The molecule has 1 aliphatic carbocycles. The Labute approximate surface area is 360 Å². The fourth-order valence-corrected chi connectivity index (χ4v) is 9.42. The number of rotatable bonds is 7. The molecule has 0 saturated heterocycles. The predicted octanol–water partition coefficient (Wildman–Crippen LogP) is 14.3. The van der Waals surface area contributed by atoms with Gasteiger partial charge in [-0.2, -0.15) is 0 Å². The average molecular weight is 795 g/mol. The molecule has 0 amide bonds. The minimum Gasteiger partial charge on any atom is -0.456 e. The van der Waals surface area contributed by atoms with E-state index in [1.165, 1.54) is 27.9 Å². The van der Waals surface area contributed by atoms with Gasteiger partial charge in [-0.1, -0.05) is 176 Å². The summed E-state index contributed by atoms with van der Waals surface area (Å²) in [5.74, 6) is 2.67. The quantitative estimate of drug-likeness (QED) is 0.161. The molecule has 8 aromatic carbocycles. The molecule has 2 aliphatic rings. The van der Waals surface area contributed by atoms with Crippen molar-refractivity contribution in [1.29, 1.82) is 0 Å². The second-order valence-electron chi connectivity index (χ2n) is 15.9. The second-order valence-corrected chi connectivity index (χ2v) is 15.9. The van der Waals surface area contributed by atoms with Crippen LogP contribution in [0.15, 0.2) is 217 Å². The molecule has 12 rings (SSSR count). The van der Waals surface area contributed by atoms with E-state index in [-0.39, 0.29) is 12.0 Å². The molecule has 10 aromatic rings. The number of fused-ring (bicyclic) bond motifs is 7. The lowest BCUT2D eigenvalue weighted by molar-refractivity contribution is 0.584. The van der Waals surface area contributed by atoms with E-state index in [2.05, 4.69) is 211 Å². The van der Waals surface area contributed by atoms with Gasteiger partial charge in [-0.05, 0) is 81.4 Å². The van der Waals surface area contributed by atoms with E-state index < -0.39 is 0 Å². The van der Waals surface area contributed by atoms with Gasteiger partial charge in [-0.15, -0.1) is 0 Å². The molecular formula is C57H38N4O. The number of furan rings is 1. The Morgan fingerprint density at radius 1 is 0.419 bits per heavy atom. The normalized spacial score (nSPS) is 15.0. The van der Waals surface area contributed by atoms with Crippen molar-refractivity contribution in [2.75, 3.05) is 4.90 Å². The maximum absolute atomic E-state index is 6.96. The van der Waals surface area contributed by atoms with Crippen molar-refractivity contribution in [2.45, 2.75) is 12.0 Å². The summed E-state index contributed by atoms with van der Waals surface area (Å²) in [4.78, 5) is 18.2. The number of hydrogen-bond donors (Lipinski definition) is 0. The minimum absolute atomic E-state index is 0.0500. The monoisotopic (exact) mass is 794 g/mol. The molecule has 2 aromatic heterocycles. The SMILES string of the molecule is C1=CC2C(c3ccccc3N2c2cccc(-c3ccccc3)c2)c2c1oc1c(-c3nc(-c4cccc(-c5ccccc5)c4)nc(-c4cccc(-c5ccccc5)c4)n3)cccc21. The molecule has 2 atom stereocenters. The minimum atomic E-state index is 0.0500. The van der Waals surface area contributed by atoms with E-state index in [0.717, 1.165) is 61.4 Å². The average Bonchev–Trinajstić information content (AvgIpc) is 3.91. The van der Waals surface area contributed by atoms with Crippen LogP contribution < -0.4 is 4.90 Å². The van der Waals surface area contributed by atoms with E-state index in [0.29, 0.717) is 17.5 Å². The number of benzene rings is 8. The highest BCUT2D eigenvalue weighted by Gasteiger charge is 2.43. The van der Waals surface area contributed by atoms with E-state index in [9.17, 15) is 0 Å². The van der Waals surface area contributed by atoms with Crippen LogP contribution in [-0.4, -0.2) is 21.0 Å². The molecule has 0 fully saturated rings. The zero-order valence-electron chi connectivity index (χ0n) is 33.6. The third-order valence-corrected chi connectivity index (χ3v) is 12.3. The highest BCUT2D eigenvalue weighted by Crippen LogP contribution is 2.54. The molecule has 0 N–H and O–H groups in total. The van der Waals surface area contributed by atoms with Crippen LogP contribution in [0.3, 0.4) is 0 Å². The van der Waals surface area contributed by atoms with Gasteiger partial charge in [0.15, 0.2) is 17.5 Å². The summed E-state index contributed by atoms with van der Waals surface area (Å²) in [6, 6.07) is 72.4. The van der Waals surface area contributed by atoms with Gasteiger partial charge in [0.2, 0.25) is 0 Å². The standard InChI is InChI=1S/C57H38N4O/c1-4-16-37(17-5-1)40-22-12-25-43(34-40)55-58-56(44-26-13-23-41(35-44)38-18-6-2-7-19-38)60-57(59-55)48-30-15-29-47-53-51(62-54(47)48)33-32-50-52(53)46-28-10-11-31-49(46)61(50)45-27-14-24-42(36-45)39-20-8-3-9-21-39/h1-36,50,52H. The van der Waals surface area contributed by atoms with E-state index in [1.807, 2.05) is 12.1 Å². The van der Waals surface area contributed by atoms with Crippen LogP contribution in [0.25, 0.3) is 84.6 Å². The van der Waals surface area contributed by atoms with Crippen molar-refractivity contribution >= 4 is 28.4 Å². The van der Waals surface area contributed by atoms with E-state index in [4.69, 9.17) is 19.4 Å². The van der Waals surface area contributed by atoms with Gasteiger partial charge in [0, 0.05) is 39.4 Å². The lowest BCUT2D eigenvalue weighted by Crippen LogP contribution is -2.30. The first kappa shape index (κ1) is 35.8. The molecule has 2 unspecified atom stereocenters. The largest absolute Gasteiger partial charge is 0.456 e. The van der Waals surface area contributed by atoms with Crippen LogP contribution in [0.4, 0.5) is 11.4 Å². The Kier molecular flexibility index (Phi) is 8.56. The summed E-state index contributed by atoms with van der Waals surface area (Å²) < 4.78 is 6.96. The van der Waals surface area contributed by atoms with E-state index >= 15 is 0 Å². The number of aromatic nitrogens is 3. The van der Waals surface area contributed by atoms with Gasteiger partial charge < -0.3 is 9.32 Å². The van der Waals surface area contributed by atoms with Crippen molar-refractivity contribution < 1.29 is 4.42 Å². The molecule has 0 spiro atoms. The highest BCUT2D eigenvalue weighted by atomic mass is 16.3. The molecule has 5 heteroatoms. The Balaban J connectivity index is 1.00. The zero-order chi connectivity index (χ0) is 41.0. The molecule has 0 radical (unpaired) electrons. The summed E-state index contributed by atoms with van der Waals surface area (Å²) >= 11 is 0. The van der Waals surface area contributed by atoms with Crippen molar-refractivity contribution in [2.24, 2.45) is 0 Å². The smallest absolute Gasteiger partial charge is 0.167 e. The second kappa shape index (κ2) is 14.8. The van der Waals surface area contributed by atoms with Crippen LogP contribution in [0.1, 0.15) is 22.8 Å². The van der Waals surface area contributed by atoms with Gasteiger partial charge >= 0.3 is 0 Å². The Hall–Kier alpha value is -8.15. The van der Waals surface area contributed by atoms with Gasteiger partial charge in [-0.25, -0.2) is 15.0 Å². The Morgan fingerprint density at radius 3 is 1.55 bits per heavy atom. The van der Waals surface area contributed by atoms with Gasteiger partial charge in [-0.3, -0.25) is 0 Å². The summed E-state index contributed by atoms with van der Waals surface area (Å²) in [6.07, 6.45) is 4.47. The summed E-state index contributed by atoms with van der Waals surface area (Å²) in [6.45, 7) is 0. The zero-order valence-corrected chi connectivity index (χ0v) is 33.6. The molecule has 0 bridgehead atoms. The molecule has 292 valence electrons. The lowest BCUT2D eigenvalue weighted by atomic mass is 9.82. The predicted molar refractivity (Wildman–Crippen MR) is 252 cm³/mol. The van der Waals surface area contributed by atoms with Crippen molar-refractivity contribution in [1.82, 2.24) is 15.0 Å². The maximum atomic E-state index is 6.96. The Bertz CT molecular complexity index is 3220. The van der Waals surface area contributed by atoms with Gasteiger partial charge in [0.25, 0.3) is 0 Å². The number of para-hydroxylation sites is 2. The third-order valence-electron chi connectivity index (χ3n) is 12.3. The van der Waals surface area contributed by atoms with Crippen LogP contribution >= 0.6 is 0 Å². The first-order chi connectivity index (χ1) is 30.7. The van der Waals surface area contributed by atoms with Crippen LogP contribution in [-0.2, 0) is 0 Å². The van der Waals surface area contributed by atoms with Crippen molar-refractivity contribution in [3.63, 3.8) is 0 Å². The number of hydrogen-bond acceptors (Lipinski definition) is 5. The summed E-state index contributed by atoms with van der Waals surface area (Å²) in [5, 5.41) is 1.06. The first-order valence-electron chi connectivity index (χ1n) is 21.1. The molecule has 5 nitrogen and oxygen atoms in total. The number of anilines is 2. The van der Waals surface area contributed by atoms with Crippen molar-refractivity contribution in [3.05, 3.63) is 229 Å². The fourth-order valence-electron chi connectivity index (χ4n) is 9.42. The van der Waals surface area contributed by atoms with Crippen molar-refractivity contribution in [3.8, 4) is 67.5 Å². The highest BCUT2D eigenvalue weighted by molar-refractivity contribution is 5.98. The first-order valence-corrected chi connectivity index (χ1v) is 21.1. The lowest BCUT2D eigenvalue weighted by Gasteiger charge is -2.30. The third kappa shape index (κ3) is 6.13. The molecule has 0 saturated carbocycles. The molecular weight excluding hydrogens is 757 g/mol. The van der Waals surface area contributed by atoms with Gasteiger partial charge in [0.1, 0.15) is 11.3 Å². The van der Waals surface area contributed by atoms with E-state index in [1.54, 1.807) is 0 Å². The van der Waals surface area contributed by atoms with Crippen LogP contribution in [0.2, 0.25) is 0 Å². The fraction of sp³-hybridized carbons (Fsp3) is 0.0351. The molecule has 62 heavy (non-hydrogen) atoms. The molecule has 1 aliphatic heterocycles. The summed E-state index contributed by atoms with van der Waals surface area (Å²) in [7, 11) is 0. The maximum Gasteiger partial charge on any atom is 0.167 e. The Morgan fingerprint density at radius 2 is 0.919 bits per heavy atom. The van der Waals surface area contributed by atoms with Crippen LogP contribution in [0, 0.1) is 0 Å². The summed E-state index contributed by atoms with van der Waals surface area (Å²) in [5.41, 5.74) is 15.1. The van der Waals surface area contributed by atoms with Gasteiger partial charge in [0.05, 0.1) is 11.6 Å².